The number of benzene rings is 1. The van der Waals surface area contributed by atoms with Crippen LogP contribution in [0.3, 0.4) is 0 Å². The average molecular weight is 305 g/mol. The van der Waals surface area contributed by atoms with Gasteiger partial charge in [0.2, 0.25) is 0 Å². The number of ether oxygens (including phenoxy) is 1. The third-order valence-corrected chi connectivity index (χ3v) is 1.88. The number of rotatable bonds is 4. The van der Waals surface area contributed by atoms with Gasteiger partial charge in [0.25, 0.3) is 0 Å². The Morgan fingerprint density at radius 3 is 2.29 bits per heavy atom. The van der Waals surface area contributed by atoms with Crippen LogP contribution in [-0.4, -0.2) is 49.1 Å². The van der Waals surface area contributed by atoms with Gasteiger partial charge in [0, 0.05) is 32.2 Å². The van der Waals surface area contributed by atoms with Gasteiger partial charge in [0.15, 0.2) is 0 Å². The molecule has 7 nitrogen and oxygen atoms in total. The maximum Gasteiger partial charge on any atom is 3.00 e. The van der Waals surface area contributed by atoms with Crippen LogP contribution in [0, 0.1) is 0 Å². The molecule has 4 N–H and O–H groups in total. The van der Waals surface area contributed by atoms with Gasteiger partial charge < -0.3 is 37.0 Å². The molecular weight excluding hydrogens is 285 g/mol. The first kappa shape index (κ1) is 21.7. The fourth-order valence-corrected chi connectivity index (χ4v) is 1.13. The summed E-state index contributed by atoms with van der Waals surface area (Å²) >= 11 is 0. The molecule has 112 valence electrons. The molecule has 0 saturated heterocycles. The number of hydrogen-bond acceptors (Lipinski definition) is 3. The Balaban J connectivity index is 0. The second-order valence-corrected chi connectivity index (χ2v) is 3.89. The smallest absolute Gasteiger partial charge is 0.851 e. The van der Waals surface area contributed by atoms with Crippen LogP contribution in [0.25, 0.3) is 11.5 Å². The van der Waals surface area contributed by atoms with Gasteiger partial charge in [-0.15, -0.1) is 6.10 Å². The van der Waals surface area contributed by atoms with Crippen molar-refractivity contribution in [2.75, 3.05) is 13.7 Å². The van der Waals surface area contributed by atoms with Gasteiger partial charge in [0.05, 0.1) is 0 Å². The first-order chi connectivity index (χ1) is 9.45. The Hall–Kier alpha value is -1.59. The molecule has 0 bridgehead atoms. The van der Waals surface area contributed by atoms with E-state index in [1.54, 1.807) is 6.92 Å². The van der Waals surface area contributed by atoms with Crippen LogP contribution in [0.15, 0.2) is 40.3 Å². The fourth-order valence-electron chi connectivity index (χ4n) is 1.13. The van der Waals surface area contributed by atoms with Crippen molar-refractivity contribution < 1.29 is 9.84 Å². The summed E-state index contributed by atoms with van der Waals surface area (Å²) in [6.45, 7) is 2.28. The molecule has 1 aromatic rings. The molecule has 1 atom stereocenters. The predicted molar refractivity (Wildman–Crippen MR) is 84.9 cm³/mol. The van der Waals surface area contributed by atoms with E-state index >= 15 is 0 Å². The largest absolute Gasteiger partial charge is 3.00 e. The van der Waals surface area contributed by atoms with Crippen LogP contribution in [-0.2, 0) is 11.3 Å². The van der Waals surface area contributed by atoms with Crippen LogP contribution >= 0.6 is 0 Å². The molecule has 0 saturated carbocycles. The number of guanidine groups is 2. The van der Waals surface area contributed by atoms with Crippen LogP contribution in [0.1, 0.15) is 12.5 Å². The fraction of sp³-hybridized carbons (Fsp3) is 0.385. The Kier molecular flexibility index (Phi) is 13.8. The second-order valence-electron chi connectivity index (χ2n) is 3.89. The Morgan fingerprint density at radius 2 is 1.90 bits per heavy atom. The van der Waals surface area contributed by atoms with E-state index < -0.39 is 12.1 Å². The monoisotopic (exact) mass is 305 g/mol. The zero-order valence-electron chi connectivity index (χ0n) is 12.2. The minimum absolute atomic E-state index is 0. The van der Waals surface area contributed by atoms with Crippen LogP contribution in [0.2, 0.25) is 0 Å². The van der Waals surface area contributed by atoms with E-state index in [4.69, 9.17) is 17.2 Å². The summed E-state index contributed by atoms with van der Waals surface area (Å²) in [7, 11) is 1.52. The number of hydrogen-bond donors (Lipinski definition) is 1. The topological polar surface area (TPSA) is 131 Å². The molecule has 0 aliphatic rings. The average Bonchev–Trinajstić information content (AvgIpc) is 2.37. The molecule has 1 unspecified atom stereocenters. The molecule has 0 aliphatic heterocycles. The number of methoxy groups -OCH3 is 1. The molecule has 1 aromatic carbocycles. The quantitative estimate of drug-likeness (QED) is 0.505. The van der Waals surface area contributed by atoms with Gasteiger partial charge in [-0.3, -0.25) is 0 Å². The maximum absolute atomic E-state index is 10.0. The molecule has 21 heavy (non-hydrogen) atoms. The maximum atomic E-state index is 10.0. The number of nitrogens with one attached hydrogen (secondary N) is 2. The number of aliphatic imine (C=N–C) groups is 2. The molecule has 0 aliphatic carbocycles. The summed E-state index contributed by atoms with van der Waals surface area (Å²) in [4.78, 5) is 7.20. The van der Waals surface area contributed by atoms with E-state index in [1.807, 2.05) is 30.3 Å². The van der Waals surface area contributed by atoms with Crippen molar-refractivity contribution in [2.45, 2.75) is 19.6 Å². The van der Waals surface area contributed by atoms with Gasteiger partial charge in [-0.2, -0.15) is 0 Å². The van der Waals surface area contributed by atoms with Crippen molar-refractivity contribution in [1.29, 1.82) is 0 Å². The van der Waals surface area contributed by atoms with Gasteiger partial charge in [-0.05, 0) is 5.56 Å². The van der Waals surface area contributed by atoms with Crippen molar-refractivity contribution in [3.8, 4) is 0 Å². The molecule has 0 radical (unpaired) electrons. The Labute approximate surface area is 136 Å². The predicted octanol–water partition coefficient (Wildman–Crippen LogP) is 0.962. The van der Waals surface area contributed by atoms with Crippen molar-refractivity contribution in [2.24, 2.45) is 15.7 Å². The van der Waals surface area contributed by atoms with E-state index in [2.05, 4.69) is 14.7 Å². The van der Waals surface area contributed by atoms with Gasteiger partial charge in [-0.25, -0.2) is 0 Å². The SMILES string of the molecule is COCC(C)[O-].[Al+3].[NH-]C(=NCc1ccccc1)/N=C(/[NH-])N. The zero-order valence-corrected chi connectivity index (χ0v) is 13.4. The zero-order chi connectivity index (χ0) is 15.4. The van der Waals surface area contributed by atoms with Gasteiger partial charge >= 0.3 is 17.4 Å². The third-order valence-electron chi connectivity index (χ3n) is 1.88. The van der Waals surface area contributed by atoms with Crippen molar-refractivity contribution >= 4 is 29.3 Å². The summed E-state index contributed by atoms with van der Waals surface area (Å²) in [5, 5.41) is 10.0. The molecule has 1 rings (SSSR count). The molecule has 0 aromatic heterocycles. The van der Waals surface area contributed by atoms with E-state index in [9.17, 15) is 5.11 Å². The molecular formula is C13H20AlN5O2. The molecule has 0 heterocycles. The van der Waals surface area contributed by atoms with E-state index in [0.29, 0.717) is 13.2 Å². The Morgan fingerprint density at radius 1 is 1.33 bits per heavy atom. The molecule has 0 spiro atoms. The summed E-state index contributed by atoms with van der Waals surface area (Å²) in [6, 6.07) is 9.52. The van der Waals surface area contributed by atoms with Crippen LogP contribution in [0.4, 0.5) is 0 Å². The normalized spacial score (nSPS) is 12.7. The van der Waals surface area contributed by atoms with Crippen LogP contribution < -0.4 is 10.8 Å². The van der Waals surface area contributed by atoms with Crippen molar-refractivity contribution in [3.63, 3.8) is 0 Å². The van der Waals surface area contributed by atoms with Gasteiger partial charge in [0.1, 0.15) is 0 Å². The third kappa shape index (κ3) is 14.6. The standard InChI is InChI=1S/C9H11N5.C4H9O2.Al/c10-8(11)14-9(12)13-6-7-4-2-1-3-5-7;1-4(5)3-6-2;/h1-5H,6H2,(H4-2,10,11,12,13,14);4H,3H2,1-2H3;/q-2;-1;+3. The minimum atomic E-state index is -0.574. The molecule has 0 amide bonds. The summed E-state index contributed by atoms with van der Waals surface area (Å²) in [5.74, 6) is -0.617. The van der Waals surface area contributed by atoms with Crippen LogP contribution in [0.5, 0.6) is 0 Å². The summed E-state index contributed by atoms with van der Waals surface area (Å²) in [6.07, 6.45) is -0.574. The van der Waals surface area contributed by atoms with E-state index in [-0.39, 0.29) is 23.3 Å². The summed E-state index contributed by atoms with van der Waals surface area (Å²) < 4.78 is 4.49. The van der Waals surface area contributed by atoms with Crippen molar-refractivity contribution in [1.82, 2.24) is 0 Å². The first-order valence-electron chi connectivity index (χ1n) is 5.96. The van der Waals surface area contributed by atoms with E-state index in [0.717, 1.165) is 5.56 Å². The van der Waals surface area contributed by atoms with Gasteiger partial charge in [-0.1, -0.05) is 37.3 Å². The van der Waals surface area contributed by atoms with E-state index in [1.165, 1.54) is 7.11 Å². The number of nitrogens with two attached hydrogens (primary N) is 1. The number of nitrogens with zero attached hydrogens (tertiary/aromatic N) is 2. The minimum Gasteiger partial charge on any atom is -0.851 e. The molecule has 8 heteroatoms. The first-order valence-corrected chi connectivity index (χ1v) is 5.96. The summed E-state index contributed by atoms with van der Waals surface area (Å²) in [5.41, 5.74) is 20.0. The van der Waals surface area contributed by atoms with Crippen molar-refractivity contribution in [3.05, 3.63) is 47.4 Å². The Bertz CT molecular complexity index is 420. The second kappa shape index (κ2) is 13.4. The molecule has 0 fully saturated rings.